The van der Waals surface area contributed by atoms with Gasteiger partial charge in [0.15, 0.2) is 0 Å². The van der Waals surface area contributed by atoms with Gasteiger partial charge in [-0.15, -0.1) is 11.3 Å². The molecule has 2 N–H and O–H groups in total. The molecule has 1 atom stereocenters. The van der Waals surface area contributed by atoms with Crippen LogP contribution in [0.15, 0.2) is 6.07 Å². The topological polar surface area (TPSA) is 32.3 Å². The molecule has 0 spiro atoms. The van der Waals surface area contributed by atoms with Crippen molar-refractivity contribution in [3.05, 3.63) is 21.4 Å². The summed E-state index contributed by atoms with van der Waals surface area (Å²) in [7, 11) is 0. The Bertz CT molecular complexity index is 393. The Morgan fingerprint density at radius 2 is 2.00 bits per heavy atom. The summed E-state index contributed by atoms with van der Waals surface area (Å²) in [6.07, 6.45) is 5.52. The molecule has 0 radical (unpaired) electrons. The molecule has 1 aliphatic rings. The van der Waals surface area contributed by atoms with Crippen LogP contribution in [0.1, 0.15) is 60.4 Å². The fourth-order valence-corrected chi connectivity index (χ4v) is 3.94. The standard InChI is InChI=1S/C15H25NOS/c1-11-9-14(13(3)18-11)12(2)16-10-15(17)7-5-4-6-8-15/h9,12,16-17H,4-8,10H2,1-3H3. The summed E-state index contributed by atoms with van der Waals surface area (Å²) in [5.74, 6) is 0. The Labute approximate surface area is 114 Å². The Balaban J connectivity index is 1.91. The van der Waals surface area contributed by atoms with Gasteiger partial charge in [0.1, 0.15) is 0 Å². The number of hydrogen-bond acceptors (Lipinski definition) is 3. The molecule has 1 aromatic heterocycles. The van der Waals surface area contributed by atoms with Crippen LogP contribution in [-0.4, -0.2) is 17.3 Å². The third kappa shape index (κ3) is 3.34. The lowest BCUT2D eigenvalue weighted by molar-refractivity contribution is 0.00300. The first-order valence-electron chi connectivity index (χ1n) is 7.03. The lowest BCUT2D eigenvalue weighted by Gasteiger charge is -2.33. The van der Waals surface area contributed by atoms with Gasteiger partial charge >= 0.3 is 0 Å². The van der Waals surface area contributed by atoms with E-state index in [0.29, 0.717) is 6.04 Å². The van der Waals surface area contributed by atoms with Crippen molar-refractivity contribution in [3.8, 4) is 0 Å². The van der Waals surface area contributed by atoms with Gasteiger partial charge < -0.3 is 10.4 Å². The van der Waals surface area contributed by atoms with Crippen molar-refractivity contribution in [2.24, 2.45) is 0 Å². The minimum atomic E-state index is -0.467. The number of aryl methyl sites for hydroxylation is 2. The van der Waals surface area contributed by atoms with Crippen LogP contribution in [0.3, 0.4) is 0 Å². The number of aliphatic hydroxyl groups is 1. The highest BCUT2D eigenvalue weighted by Gasteiger charge is 2.29. The van der Waals surface area contributed by atoms with E-state index in [1.165, 1.54) is 34.6 Å². The first-order chi connectivity index (χ1) is 8.50. The average molecular weight is 267 g/mol. The summed E-state index contributed by atoms with van der Waals surface area (Å²) in [6.45, 7) is 7.26. The molecular formula is C15H25NOS. The maximum atomic E-state index is 10.5. The molecular weight excluding hydrogens is 242 g/mol. The minimum absolute atomic E-state index is 0.334. The van der Waals surface area contributed by atoms with Gasteiger partial charge in [0.2, 0.25) is 0 Å². The highest BCUT2D eigenvalue weighted by Crippen LogP contribution is 2.29. The van der Waals surface area contributed by atoms with E-state index in [1.54, 1.807) is 0 Å². The van der Waals surface area contributed by atoms with E-state index >= 15 is 0 Å². The first kappa shape index (κ1) is 14.0. The summed E-state index contributed by atoms with van der Waals surface area (Å²) in [5.41, 5.74) is 0.919. The molecule has 1 heterocycles. The van der Waals surface area contributed by atoms with E-state index in [-0.39, 0.29) is 0 Å². The molecule has 3 heteroatoms. The van der Waals surface area contributed by atoms with E-state index < -0.39 is 5.60 Å². The maximum absolute atomic E-state index is 10.5. The predicted molar refractivity (Wildman–Crippen MR) is 78.2 cm³/mol. The monoisotopic (exact) mass is 267 g/mol. The molecule has 1 saturated carbocycles. The van der Waals surface area contributed by atoms with Crippen LogP contribution in [0.4, 0.5) is 0 Å². The third-order valence-electron chi connectivity index (χ3n) is 4.07. The second-order valence-electron chi connectivity index (χ2n) is 5.76. The molecule has 0 bridgehead atoms. The van der Waals surface area contributed by atoms with Crippen molar-refractivity contribution in [2.45, 2.75) is 64.5 Å². The molecule has 0 amide bonds. The van der Waals surface area contributed by atoms with Gasteiger partial charge in [-0.25, -0.2) is 0 Å². The lowest BCUT2D eigenvalue weighted by atomic mass is 9.84. The molecule has 102 valence electrons. The average Bonchev–Trinajstić information content (AvgIpc) is 2.67. The van der Waals surface area contributed by atoms with Gasteiger partial charge in [0.05, 0.1) is 5.60 Å². The molecule has 1 aromatic rings. The largest absolute Gasteiger partial charge is 0.389 e. The molecule has 2 nitrogen and oxygen atoms in total. The lowest BCUT2D eigenvalue weighted by Crippen LogP contribution is -2.42. The molecule has 0 aliphatic heterocycles. The van der Waals surface area contributed by atoms with Gasteiger partial charge in [0.25, 0.3) is 0 Å². The molecule has 0 saturated heterocycles. The van der Waals surface area contributed by atoms with E-state index in [4.69, 9.17) is 0 Å². The first-order valence-corrected chi connectivity index (χ1v) is 7.84. The van der Waals surface area contributed by atoms with Crippen LogP contribution < -0.4 is 5.32 Å². The third-order valence-corrected chi connectivity index (χ3v) is 5.05. The Morgan fingerprint density at radius 3 is 2.56 bits per heavy atom. The summed E-state index contributed by atoms with van der Waals surface area (Å²) < 4.78 is 0. The van der Waals surface area contributed by atoms with Crippen LogP contribution in [0.5, 0.6) is 0 Å². The highest BCUT2D eigenvalue weighted by atomic mass is 32.1. The van der Waals surface area contributed by atoms with Crippen molar-refractivity contribution < 1.29 is 5.11 Å². The SMILES string of the molecule is Cc1cc(C(C)NCC2(O)CCCCC2)c(C)s1. The zero-order valence-corrected chi connectivity index (χ0v) is 12.6. The van der Waals surface area contributed by atoms with E-state index in [0.717, 1.165) is 19.4 Å². The Morgan fingerprint density at radius 1 is 1.33 bits per heavy atom. The summed E-state index contributed by atoms with van der Waals surface area (Å²) in [6, 6.07) is 2.60. The highest BCUT2D eigenvalue weighted by molar-refractivity contribution is 7.12. The van der Waals surface area contributed by atoms with Crippen LogP contribution >= 0.6 is 11.3 Å². The van der Waals surface area contributed by atoms with E-state index in [2.05, 4.69) is 32.2 Å². The van der Waals surface area contributed by atoms with Crippen molar-refractivity contribution in [1.82, 2.24) is 5.32 Å². The summed E-state index contributed by atoms with van der Waals surface area (Å²) in [5, 5.41) is 14.0. The van der Waals surface area contributed by atoms with E-state index in [9.17, 15) is 5.11 Å². The van der Waals surface area contributed by atoms with Gasteiger partial charge in [0, 0.05) is 22.3 Å². The molecule has 1 unspecified atom stereocenters. The molecule has 2 rings (SSSR count). The van der Waals surface area contributed by atoms with Crippen LogP contribution in [0.25, 0.3) is 0 Å². The van der Waals surface area contributed by atoms with Crippen LogP contribution in [-0.2, 0) is 0 Å². The molecule has 0 aromatic carbocycles. The molecule has 1 aliphatic carbocycles. The van der Waals surface area contributed by atoms with Gasteiger partial charge in [-0.1, -0.05) is 19.3 Å². The number of thiophene rings is 1. The van der Waals surface area contributed by atoms with Crippen LogP contribution in [0.2, 0.25) is 0 Å². The summed E-state index contributed by atoms with van der Waals surface area (Å²) >= 11 is 1.86. The minimum Gasteiger partial charge on any atom is -0.389 e. The smallest absolute Gasteiger partial charge is 0.0771 e. The quantitative estimate of drug-likeness (QED) is 0.871. The zero-order chi connectivity index (χ0) is 13.2. The second kappa shape index (κ2) is 5.72. The Kier molecular flexibility index (Phi) is 4.46. The predicted octanol–water partition coefficient (Wildman–Crippen LogP) is 3.71. The van der Waals surface area contributed by atoms with Crippen LogP contribution in [0, 0.1) is 13.8 Å². The van der Waals surface area contributed by atoms with Crippen molar-refractivity contribution in [2.75, 3.05) is 6.54 Å². The van der Waals surface area contributed by atoms with Gasteiger partial charge in [-0.3, -0.25) is 0 Å². The number of hydrogen-bond donors (Lipinski definition) is 2. The maximum Gasteiger partial charge on any atom is 0.0771 e. The second-order valence-corrected chi connectivity index (χ2v) is 7.22. The van der Waals surface area contributed by atoms with Gasteiger partial charge in [-0.2, -0.15) is 0 Å². The zero-order valence-electron chi connectivity index (χ0n) is 11.8. The number of rotatable bonds is 4. The Hall–Kier alpha value is -0.380. The van der Waals surface area contributed by atoms with Crippen molar-refractivity contribution >= 4 is 11.3 Å². The normalized spacial score (nSPS) is 20.9. The number of nitrogens with one attached hydrogen (secondary N) is 1. The van der Waals surface area contributed by atoms with Crippen molar-refractivity contribution in [3.63, 3.8) is 0 Å². The fourth-order valence-electron chi connectivity index (χ4n) is 2.92. The van der Waals surface area contributed by atoms with E-state index in [1.807, 2.05) is 11.3 Å². The fraction of sp³-hybridized carbons (Fsp3) is 0.733. The molecule has 1 fully saturated rings. The summed E-state index contributed by atoms with van der Waals surface area (Å²) in [4.78, 5) is 2.76. The van der Waals surface area contributed by atoms with Crippen molar-refractivity contribution in [1.29, 1.82) is 0 Å². The molecule has 18 heavy (non-hydrogen) atoms. The van der Waals surface area contributed by atoms with Gasteiger partial charge in [-0.05, 0) is 45.2 Å².